The molecule has 3 nitrogen and oxygen atoms in total. The number of fused-ring (bicyclic) bond motifs is 1. The van der Waals surface area contributed by atoms with Gasteiger partial charge in [-0.25, -0.2) is 0 Å². The van der Waals surface area contributed by atoms with Crippen molar-refractivity contribution < 1.29 is 5.11 Å². The molecule has 19 heavy (non-hydrogen) atoms. The second-order valence-electron chi connectivity index (χ2n) is 4.78. The van der Waals surface area contributed by atoms with Crippen molar-refractivity contribution in [3.63, 3.8) is 0 Å². The maximum atomic E-state index is 9.88. The van der Waals surface area contributed by atoms with Crippen LogP contribution in [-0.4, -0.2) is 16.6 Å². The molecule has 1 aromatic carbocycles. The molecule has 2 heterocycles. The van der Waals surface area contributed by atoms with E-state index < -0.39 is 0 Å². The van der Waals surface area contributed by atoms with E-state index in [4.69, 9.17) is 5.26 Å². The molecule has 1 aliphatic rings. The summed E-state index contributed by atoms with van der Waals surface area (Å²) < 4.78 is 0. The first-order valence-electron chi connectivity index (χ1n) is 6.26. The van der Waals surface area contributed by atoms with E-state index in [0.717, 1.165) is 25.1 Å². The second kappa shape index (κ2) is 5.04. The molecule has 0 saturated carbocycles. The lowest BCUT2D eigenvalue weighted by atomic mass is 10.1. The highest BCUT2D eigenvalue weighted by Gasteiger charge is 2.18. The molecule has 3 rings (SSSR count). The average molecular weight is 270 g/mol. The van der Waals surface area contributed by atoms with Crippen LogP contribution in [-0.2, 0) is 19.5 Å². The van der Waals surface area contributed by atoms with Gasteiger partial charge in [0, 0.05) is 30.1 Å². The molecule has 0 unspecified atom stereocenters. The summed E-state index contributed by atoms with van der Waals surface area (Å²) in [6.45, 7) is 2.63. The predicted molar refractivity (Wildman–Crippen MR) is 75.0 cm³/mol. The summed E-state index contributed by atoms with van der Waals surface area (Å²) in [4.78, 5) is 3.73. The maximum Gasteiger partial charge on any atom is 0.120 e. The van der Waals surface area contributed by atoms with E-state index in [1.807, 2.05) is 0 Å². The molecule has 1 aliphatic heterocycles. The summed E-state index contributed by atoms with van der Waals surface area (Å²) in [6.07, 6.45) is 1.07. The highest BCUT2D eigenvalue weighted by atomic mass is 32.1. The highest BCUT2D eigenvalue weighted by Crippen LogP contribution is 2.27. The minimum atomic E-state index is 0.274. The normalized spacial score (nSPS) is 14.9. The van der Waals surface area contributed by atoms with Crippen LogP contribution in [0.3, 0.4) is 0 Å². The van der Waals surface area contributed by atoms with E-state index in [9.17, 15) is 5.11 Å². The number of thiophene rings is 1. The van der Waals surface area contributed by atoms with E-state index in [1.54, 1.807) is 29.5 Å². The standard InChI is InChI=1S/C15H14N2OS/c16-8-11-1-2-14(18)13(7-11)9-17-5-3-12-4-6-19-15(12)10-17/h1-2,4,6-7,18H,3,5,9-10H2. The summed E-state index contributed by atoms with van der Waals surface area (Å²) in [5.74, 6) is 0.274. The lowest BCUT2D eigenvalue weighted by Crippen LogP contribution is -2.29. The Labute approximate surface area is 116 Å². The van der Waals surface area contributed by atoms with Crippen molar-refractivity contribution in [2.75, 3.05) is 6.54 Å². The molecule has 0 spiro atoms. The van der Waals surface area contributed by atoms with E-state index in [0.29, 0.717) is 12.1 Å². The molecular weight excluding hydrogens is 256 g/mol. The Morgan fingerprint density at radius 3 is 3.11 bits per heavy atom. The van der Waals surface area contributed by atoms with Crippen molar-refractivity contribution in [1.82, 2.24) is 4.90 Å². The third-order valence-electron chi connectivity index (χ3n) is 3.50. The van der Waals surface area contributed by atoms with Gasteiger partial charge in [-0.2, -0.15) is 5.26 Å². The lowest BCUT2D eigenvalue weighted by Gasteiger charge is -2.27. The van der Waals surface area contributed by atoms with Gasteiger partial charge in [-0.3, -0.25) is 4.90 Å². The Kier molecular flexibility index (Phi) is 3.24. The number of phenolic OH excluding ortho intramolecular Hbond substituents is 1. The first-order chi connectivity index (χ1) is 9.26. The van der Waals surface area contributed by atoms with Gasteiger partial charge in [-0.1, -0.05) is 0 Å². The van der Waals surface area contributed by atoms with Crippen molar-refractivity contribution in [3.05, 3.63) is 51.2 Å². The van der Waals surface area contributed by atoms with Crippen LogP contribution in [0, 0.1) is 11.3 Å². The molecule has 0 amide bonds. The zero-order valence-corrected chi connectivity index (χ0v) is 11.3. The van der Waals surface area contributed by atoms with Gasteiger partial charge in [0.2, 0.25) is 0 Å². The SMILES string of the molecule is N#Cc1ccc(O)c(CN2CCc3ccsc3C2)c1. The van der Waals surface area contributed by atoms with E-state index >= 15 is 0 Å². The minimum Gasteiger partial charge on any atom is -0.508 e. The van der Waals surface area contributed by atoms with E-state index in [2.05, 4.69) is 22.4 Å². The van der Waals surface area contributed by atoms with Crippen LogP contribution in [0.5, 0.6) is 5.75 Å². The fraction of sp³-hybridized carbons (Fsp3) is 0.267. The maximum absolute atomic E-state index is 9.88. The first kappa shape index (κ1) is 12.2. The molecule has 2 aromatic rings. The molecule has 0 radical (unpaired) electrons. The number of nitrogens with zero attached hydrogens (tertiary/aromatic N) is 2. The first-order valence-corrected chi connectivity index (χ1v) is 7.14. The van der Waals surface area contributed by atoms with E-state index in [1.165, 1.54) is 10.4 Å². The summed E-state index contributed by atoms with van der Waals surface area (Å²) in [6, 6.07) is 9.34. The lowest BCUT2D eigenvalue weighted by molar-refractivity contribution is 0.245. The summed E-state index contributed by atoms with van der Waals surface area (Å²) >= 11 is 1.80. The summed E-state index contributed by atoms with van der Waals surface area (Å²) in [5.41, 5.74) is 2.89. The molecule has 0 aliphatic carbocycles. The van der Waals surface area contributed by atoms with Gasteiger partial charge in [0.15, 0.2) is 0 Å². The third-order valence-corrected chi connectivity index (χ3v) is 4.45. The molecule has 1 aromatic heterocycles. The zero-order chi connectivity index (χ0) is 13.2. The van der Waals surface area contributed by atoms with Crippen LogP contribution in [0.25, 0.3) is 0 Å². The van der Waals surface area contributed by atoms with Crippen LogP contribution in [0.2, 0.25) is 0 Å². The van der Waals surface area contributed by atoms with Gasteiger partial charge >= 0.3 is 0 Å². The van der Waals surface area contributed by atoms with Gasteiger partial charge in [0.05, 0.1) is 11.6 Å². The Bertz CT molecular complexity index is 642. The Balaban J connectivity index is 1.78. The Hall–Kier alpha value is -1.83. The largest absolute Gasteiger partial charge is 0.508 e. The molecule has 0 atom stereocenters. The number of nitriles is 1. The van der Waals surface area contributed by atoms with Gasteiger partial charge in [0.1, 0.15) is 5.75 Å². The van der Waals surface area contributed by atoms with Crippen LogP contribution in [0.1, 0.15) is 21.6 Å². The molecule has 4 heteroatoms. The van der Waals surface area contributed by atoms with Gasteiger partial charge in [0.25, 0.3) is 0 Å². The van der Waals surface area contributed by atoms with Crippen LogP contribution < -0.4 is 0 Å². The number of hydrogen-bond donors (Lipinski definition) is 1. The summed E-state index contributed by atoms with van der Waals surface area (Å²) in [7, 11) is 0. The minimum absolute atomic E-state index is 0.274. The van der Waals surface area contributed by atoms with Crippen LogP contribution >= 0.6 is 11.3 Å². The number of rotatable bonds is 2. The van der Waals surface area contributed by atoms with Gasteiger partial charge in [-0.05, 0) is 41.6 Å². The number of benzene rings is 1. The molecule has 0 bridgehead atoms. The number of aromatic hydroxyl groups is 1. The van der Waals surface area contributed by atoms with Crippen LogP contribution in [0.15, 0.2) is 29.6 Å². The average Bonchev–Trinajstić information content (AvgIpc) is 2.89. The summed E-state index contributed by atoms with van der Waals surface area (Å²) in [5, 5.41) is 20.9. The Morgan fingerprint density at radius 1 is 1.37 bits per heavy atom. The molecule has 96 valence electrons. The van der Waals surface area contributed by atoms with E-state index in [-0.39, 0.29) is 5.75 Å². The van der Waals surface area contributed by atoms with Gasteiger partial charge < -0.3 is 5.11 Å². The smallest absolute Gasteiger partial charge is 0.120 e. The van der Waals surface area contributed by atoms with Crippen molar-refractivity contribution in [2.24, 2.45) is 0 Å². The third kappa shape index (κ3) is 2.48. The van der Waals surface area contributed by atoms with Crippen molar-refractivity contribution in [1.29, 1.82) is 5.26 Å². The molecule has 0 fully saturated rings. The second-order valence-corrected chi connectivity index (χ2v) is 5.79. The van der Waals surface area contributed by atoms with Crippen molar-refractivity contribution in [2.45, 2.75) is 19.5 Å². The number of hydrogen-bond acceptors (Lipinski definition) is 4. The zero-order valence-electron chi connectivity index (χ0n) is 10.5. The molecule has 1 N–H and O–H groups in total. The van der Waals surface area contributed by atoms with Crippen molar-refractivity contribution in [3.8, 4) is 11.8 Å². The highest BCUT2D eigenvalue weighted by molar-refractivity contribution is 7.10. The predicted octanol–water partition coefficient (Wildman–Crippen LogP) is 2.88. The van der Waals surface area contributed by atoms with Crippen molar-refractivity contribution >= 4 is 11.3 Å². The molecule has 0 saturated heterocycles. The number of phenols is 1. The fourth-order valence-electron chi connectivity index (χ4n) is 2.45. The quantitative estimate of drug-likeness (QED) is 0.912. The Morgan fingerprint density at radius 2 is 2.26 bits per heavy atom. The fourth-order valence-corrected chi connectivity index (χ4v) is 3.42. The monoisotopic (exact) mass is 270 g/mol. The van der Waals surface area contributed by atoms with Gasteiger partial charge in [-0.15, -0.1) is 11.3 Å². The molecular formula is C15H14N2OS. The van der Waals surface area contributed by atoms with Crippen LogP contribution in [0.4, 0.5) is 0 Å². The topological polar surface area (TPSA) is 47.3 Å².